The predicted molar refractivity (Wildman–Crippen MR) is 77.3 cm³/mol. The van der Waals surface area contributed by atoms with Crippen molar-refractivity contribution in [3.8, 4) is 5.75 Å². The molecule has 5 heteroatoms. The lowest BCUT2D eigenvalue weighted by molar-refractivity contribution is -0.385. The molecule has 0 saturated carbocycles. The first kappa shape index (κ1) is 15.8. The second-order valence-electron chi connectivity index (χ2n) is 4.61. The summed E-state index contributed by atoms with van der Waals surface area (Å²) in [4.78, 5) is 10.4. The Kier molecular flexibility index (Phi) is 6.64. The smallest absolute Gasteiger partial charge is 0.272 e. The summed E-state index contributed by atoms with van der Waals surface area (Å²) >= 11 is 5.60. The predicted octanol–water partition coefficient (Wildman–Crippen LogP) is 4.39. The van der Waals surface area contributed by atoms with Gasteiger partial charge >= 0.3 is 0 Å². The van der Waals surface area contributed by atoms with Crippen molar-refractivity contribution in [3.63, 3.8) is 0 Å². The van der Waals surface area contributed by atoms with Gasteiger partial charge in [-0.1, -0.05) is 12.8 Å². The van der Waals surface area contributed by atoms with Gasteiger partial charge in [0.25, 0.3) is 5.69 Å². The average Bonchev–Trinajstić information content (AvgIpc) is 2.36. The van der Waals surface area contributed by atoms with Crippen molar-refractivity contribution in [3.05, 3.63) is 33.4 Å². The van der Waals surface area contributed by atoms with Gasteiger partial charge in [0.15, 0.2) is 0 Å². The maximum atomic E-state index is 10.8. The van der Waals surface area contributed by atoms with Gasteiger partial charge in [-0.25, -0.2) is 0 Å². The highest BCUT2D eigenvalue weighted by Crippen LogP contribution is 2.27. The Bertz CT molecular complexity index is 435. The van der Waals surface area contributed by atoms with E-state index >= 15 is 0 Å². The van der Waals surface area contributed by atoms with Crippen LogP contribution in [0.5, 0.6) is 5.75 Å². The van der Waals surface area contributed by atoms with E-state index in [1.165, 1.54) is 0 Å². The standard InChI is InChI=1S/C14H20ClNO3/c1-11-10-14(12(2)9-13(11)16(17)18)19-8-6-4-3-5-7-15/h9-10H,3-8H2,1-2H3. The molecule has 0 bridgehead atoms. The number of halogens is 1. The highest BCUT2D eigenvalue weighted by molar-refractivity contribution is 6.17. The van der Waals surface area contributed by atoms with Crippen LogP contribution in [0.1, 0.15) is 36.8 Å². The molecule has 0 atom stereocenters. The zero-order valence-electron chi connectivity index (χ0n) is 11.4. The topological polar surface area (TPSA) is 52.4 Å². The molecule has 0 N–H and O–H groups in total. The third kappa shape index (κ3) is 5.07. The van der Waals surface area contributed by atoms with Crippen LogP contribution in [0.3, 0.4) is 0 Å². The minimum absolute atomic E-state index is 0.145. The van der Waals surface area contributed by atoms with Crippen LogP contribution in [0.2, 0.25) is 0 Å². The van der Waals surface area contributed by atoms with E-state index in [0.717, 1.165) is 37.0 Å². The fraction of sp³-hybridized carbons (Fsp3) is 0.571. The molecule has 1 rings (SSSR count). The monoisotopic (exact) mass is 285 g/mol. The average molecular weight is 286 g/mol. The Morgan fingerprint density at radius 3 is 2.47 bits per heavy atom. The molecule has 0 fully saturated rings. The molecule has 1 aromatic rings. The third-order valence-electron chi connectivity index (χ3n) is 2.98. The number of nitrogens with zero attached hydrogens (tertiary/aromatic N) is 1. The Hall–Kier alpha value is -1.29. The van der Waals surface area contributed by atoms with E-state index < -0.39 is 0 Å². The number of aryl methyl sites for hydroxylation is 2. The van der Waals surface area contributed by atoms with Gasteiger partial charge in [-0.15, -0.1) is 11.6 Å². The molecule has 0 unspecified atom stereocenters. The van der Waals surface area contributed by atoms with Gasteiger partial charge in [-0.2, -0.15) is 0 Å². The van der Waals surface area contributed by atoms with Crippen LogP contribution in [0.15, 0.2) is 12.1 Å². The number of hydrogen-bond donors (Lipinski definition) is 0. The molecule has 106 valence electrons. The molecular formula is C14H20ClNO3. The van der Waals surface area contributed by atoms with Crippen molar-refractivity contribution < 1.29 is 9.66 Å². The van der Waals surface area contributed by atoms with E-state index in [4.69, 9.17) is 16.3 Å². The Morgan fingerprint density at radius 2 is 1.84 bits per heavy atom. The molecule has 0 heterocycles. The summed E-state index contributed by atoms with van der Waals surface area (Å²) in [6.07, 6.45) is 4.23. The number of nitro groups is 1. The largest absolute Gasteiger partial charge is 0.493 e. The first-order valence-electron chi connectivity index (χ1n) is 6.50. The fourth-order valence-corrected chi connectivity index (χ4v) is 2.05. The summed E-state index contributed by atoms with van der Waals surface area (Å²) in [7, 11) is 0. The van der Waals surface area contributed by atoms with Crippen molar-refractivity contribution in [1.82, 2.24) is 0 Å². The SMILES string of the molecule is Cc1cc([N+](=O)[O-])c(C)cc1OCCCCCCCl. The molecule has 0 amide bonds. The van der Waals surface area contributed by atoms with Crippen LogP contribution in [-0.2, 0) is 0 Å². The van der Waals surface area contributed by atoms with Crippen molar-refractivity contribution >= 4 is 17.3 Å². The molecule has 0 aliphatic carbocycles. The van der Waals surface area contributed by atoms with Gasteiger partial charge in [0.1, 0.15) is 5.75 Å². The molecular weight excluding hydrogens is 266 g/mol. The second-order valence-corrected chi connectivity index (χ2v) is 4.99. The molecule has 0 spiro atoms. The molecule has 0 aliphatic rings. The van der Waals surface area contributed by atoms with Gasteiger partial charge in [0.05, 0.1) is 11.5 Å². The van der Waals surface area contributed by atoms with Crippen molar-refractivity contribution in [2.24, 2.45) is 0 Å². The first-order chi connectivity index (χ1) is 9.06. The van der Waals surface area contributed by atoms with E-state index in [9.17, 15) is 10.1 Å². The van der Waals surface area contributed by atoms with Crippen LogP contribution in [-0.4, -0.2) is 17.4 Å². The van der Waals surface area contributed by atoms with Gasteiger partial charge in [-0.3, -0.25) is 10.1 Å². The van der Waals surface area contributed by atoms with E-state index in [1.807, 2.05) is 6.92 Å². The number of unbranched alkanes of at least 4 members (excludes halogenated alkanes) is 3. The number of alkyl halides is 1. The van der Waals surface area contributed by atoms with Crippen molar-refractivity contribution in [2.45, 2.75) is 39.5 Å². The fourth-order valence-electron chi connectivity index (χ4n) is 1.86. The molecule has 0 aliphatic heterocycles. The Balaban J connectivity index is 2.50. The highest BCUT2D eigenvalue weighted by Gasteiger charge is 2.13. The first-order valence-corrected chi connectivity index (χ1v) is 7.04. The number of benzene rings is 1. The van der Waals surface area contributed by atoms with Crippen LogP contribution in [0.25, 0.3) is 0 Å². The summed E-state index contributed by atoms with van der Waals surface area (Å²) in [5.41, 5.74) is 1.58. The quantitative estimate of drug-likeness (QED) is 0.308. The summed E-state index contributed by atoms with van der Waals surface area (Å²) < 4.78 is 5.68. The third-order valence-corrected chi connectivity index (χ3v) is 3.24. The van der Waals surface area contributed by atoms with E-state index in [0.29, 0.717) is 18.1 Å². The van der Waals surface area contributed by atoms with E-state index in [1.54, 1.807) is 19.1 Å². The minimum Gasteiger partial charge on any atom is -0.493 e. The summed E-state index contributed by atoms with van der Waals surface area (Å²) in [6, 6.07) is 3.31. The van der Waals surface area contributed by atoms with Gasteiger partial charge in [0, 0.05) is 17.5 Å². The lowest BCUT2D eigenvalue weighted by atomic mass is 10.1. The Labute approximate surface area is 118 Å². The van der Waals surface area contributed by atoms with Crippen molar-refractivity contribution in [1.29, 1.82) is 0 Å². The molecule has 19 heavy (non-hydrogen) atoms. The zero-order valence-corrected chi connectivity index (χ0v) is 12.2. The maximum absolute atomic E-state index is 10.8. The maximum Gasteiger partial charge on any atom is 0.272 e. The minimum atomic E-state index is -0.363. The number of rotatable bonds is 8. The lowest BCUT2D eigenvalue weighted by Crippen LogP contribution is -2.01. The number of nitro benzene ring substituents is 1. The van der Waals surface area contributed by atoms with Crippen LogP contribution < -0.4 is 4.74 Å². The zero-order chi connectivity index (χ0) is 14.3. The Morgan fingerprint density at radius 1 is 1.16 bits per heavy atom. The second kappa shape index (κ2) is 8.00. The normalized spacial score (nSPS) is 10.5. The van der Waals surface area contributed by atoms with Crippen molar-refractivity contribution in [2.75, 3.05) is 12.5 Å². The van der Waals surface area contributed by atoms with Crippen LogP contribution >= 0.6 is 11.6 Å². The summed E-state index contributed by atoms with van der Waals surface area (Å²) in [5, 5.41) is 10.8. The molecule has 4 nitrogen and oxygen atoms in total. The molecule has 1 aromatic carbocycles. The van der Waals surface area contributed by atoms with Crippen LogP contribution in [0.4, 0.5) is 5.69 Å². The van der Waals surface area contributed by atoms with Gasteiger partial charge in [0.2, 0.25) is 0 Å². The lowest BCUT2D eigenvalue weighted by Gasteiger charge is -2.10. The van der Waals surface area contributed by atoms with Gasteiger partial charge < -0.3 is 4.74 Å². The van der Waals surface area contributed by atoms with E-state index in [-0.39, 0.29) is 10.6 Å². The highest BCUT2D eigenvalue weighted by atomic mass is 35.5. The number of hydrogen-bond acceptors (Lipinski definition) is 3. The van der Waals surface area contributed by atoms with Crippen LogP contribution in [0, 0.1) is 24.0 Å². The summed E-state index contributed by atoms with van der Waals surface area (Å²) in [5.74, 6) is 1.45. The van der Waals surface area contributed by atoms with E-state index in [2.05, 4.69) is 0 Å². The van der Waals surface area contributed by atoms with Gasteiger partial charge in [-0.05, 0) is 38.3 Å². The summed E-state index contributed by atoms with van der Waals surface area (Å²) in [6.45, 7) is 4.19. The molecule has 0 aromatic heterocycles. The number of ether oxygens (including phenoxy) is 1. The molecule has 0 saturated heterocycles. The molecule has 0 radical (unpaired) electrons.